The van der Waals surface area contributed by atoms with Crippen LogP contribution in [0.4, 0.5) is 0 Å². The average Bonchev–Trinajstić information content (AvgIpc) is 2.95. The van der Waals surface area contributed by atoms with Crippen LogP contribution in [0.5, 0.6) is 0 Å². The molecule has 0 radical (unpaired) electrons. The third-order valence-corrected chi connectivity index (χ3v) is 3.16. The van der Waals surface area contributed by atoms with Gasteiger partial charge in [0, 0.05) is 12.5 Å². The summed E-state index contributed by atoms with van der Waals surface area (Å²) in [4.78, 5) is 24.4. The second kappa shape index (κ2) is 3.83. The van der Waals surface area contributed by atoms with E-state index in [0.29, 0.717) is 12.3 Å². The second-order valence-corrected chi connectivity index (χ2v) is 4.69. The van der Waals surface area contributed by atoms with Crippen molar-refractivity contribution in [2.45, 2.75) is 51.1 Å². The number of hydrogen-bond acceptors (Lipinski definition) is 2. The summed E-state index contributed by atoms with van der Waals surface area (Å²) in [5.74, 6) is -0.333. The van der Waals surface area contributed by atoms with Gasteiger partial charge >= 0.3 is 5.97 Å². The molecular weight excluding hydrogens is 194 g/mol. The van der Waals surface area contributed by atoms with E-state index in [1.807, 2.05) is 0 Å². The zero-order chi connectivity index (χ0) is 11.0. The lowest BCUT2D eigenvalue weighted by molar-refractivity contribution is -0.150. The van der Waals surface area contributed by atoms with Crippen molar-refractivity contribution >= 4 is 11.9 Å². The molecule has 4 nitrogen and oxygen atoms in total. The lowest BCUT2D eigenvalue weighted by Gasteiger charge is -2.26. The van der Waals surface area contributed by atoms with Gasteiger partial charge in [0.1, 0.15) is 6.04 Å². The number of nitrogens with zero attached hydrogens (tertiary/aromatic N) is 1. The molecule has 0 aliphatic heterocycles. The Morgan fingerprint density at radius 3 is 2.33 bits per heavy atom. The van der Waals surface area contributed by atoms with E-state index in [9.17, 15) is 9.59 Å². The first-order chi connectivity index (χ1) is 7.09. The van der Waals surface area contributed by atoms with Crippen LogP contribution in [-0.4, -0.2) is 34.0 Å². The molecule has 1 amide bonds. The fraction of sp³-hybridized carbons (Fsp3) is 0.818. The summed E-state index contributed by atoms with van der Waals surface area (Å²) in [6.07, 6.45) is 4.74. The van der Waals surface area contributed by atoms with Crippen LogP contribution in [0.1, 0.15) is 39.0 Å². The molecule has 0 heterocycles. The zero-order valence-electron chi connectivity index (χ0n) is 8.98. The van der Waals surface area contributed by atoms with Crippen LogP contribution in [0.15, 0.2) is 0 Å². The number of carbonyl (C=O) groups excluding carboxylic acids is 1. The van der Waals surface area contributed by atoms with Crippen molar-refractivity contribution in [3.8, 4) is 0 Å². The van der Waals surface area contributed by atoms with Crippen LogP contribution >= 0.6 is 0 Å². The molecule has 0 bridgehead atoms. The molecule has 84 valence electrons. The van der Waals surface area contributed by atoms with Gasteiger partial charge in [0.25, 0.3) is 0 Å². The summed E-state index contributed by atoms with van der Waals surface area (Å²) < 4.78 is 0. The van der Waals surface area contributed by atoms with Crippen molar-refractivity contribution in [3.63, 3.8) is 0 Å². The van der Waals surface area contributed by atoms with E-state index >= 15 is 0 Å². The van der Waals surface area contributed by atoms with Gasteiger partial charge in [-0.05, 0) is 38.5 Å². The Kier molecular flexibility index (Phi) is 2.67. The highest BCUT2D eigenvalue weighted by Gasteiger charge is 2.39. The highest BCUT2D eigenvalue weighted by molar-refractivity contribution is 5.84. The number of hydrogen-bond donors (Lipinski definition) is 1. The van der Waals surface area contributed by atoms with Gasteiger partial charge < -0.3 is 10.0 Å². The monoisotopic (exact) mass is 211 g/mol. The minimum absolute atomic E-state index is 0.0369. The molecule has 1 N–H and O–H groups in total. The minimum Gasteiger partial charge on any atom is -0.480 e. The average molecular weight is 211 g/mol. The Bertz CT molecular complexity index is 282. The molecule has 2 aliphatic carbocycles. The van der Waals surface area contributed by atoms with Crippen LogP contribution in [-0.2, 0) is 9.59 Å². The van der Waals surface area contributed by atoms with Crippen molar-refractivity contribution in [2.75, 3.05) is 0 Å². The number of amides is 1. The van der Waals surface area contributed by atoms with Gasteiger partial charge in [-0.1, -0.05) is 0 Å². The largest absolute Gasteiger partial charge is 0.480 e. The molecule has 0 aromatic carbocycles. The summed E-state index contributed by atoms with van der Waals surface area (Å²) >= 11 is 0. The lowest BCUT2D eigenvalue weighted by Crippen LogP contribution is -2.44. The fourth-order valence-corrected chi connectivity index (χ4v) is 1.88. The van der Waals surface area contributed by atoms with Crippen LogP contribution in [0.2, 0.25) is 0 Å². The summed E-state index contributed by atoms with van der Waals surface area (Å²) in [5.41, 5.74) is 0. The maximum Gasteiger partial charge on any atom is 0.326 e. The number of carboxylic acid groups (broad SMARTS) is 1. The molecule has 2 rings (SSSR count). The number of rotatable bonds is 5. The molecule has 2 fully saturated rings. The van der Waals surface area contributed by atoms with Crippen molar-refractivity contribution < 1.29 is 14.7 Å². The second-order valence-electron chi connectivity index (χ2n) is 4.69. The topological polar surface area (TPSA) is 57.6 Å². The molecule has 0 saturated heterocycles. The van der Waals surface area contributed by atoms with Gasteiger partial charge in [0.15, 0.2) is 0 Å². The first-order valence-electron chi connectivity index (χ1n) is 5.63. The standard InChI is InChI=1S/C11H17NO3/c1-7(11(14)15)12(9-4-5-9)10(13)6-8-2-3-8/h7-9H,2-6H2,1H3,(H,14,15). The molecule has 2 saturated carbocycles. The van der Waals surface area contributed by atoms with Gasteiger partial charge in [0.2, 0.25) is 5.91 Å². The predicted octanol–water partition coefficient (Wildman–Crippen LogP) is 1.25. The Morgan fingerprint density at radius 1 is 1.33 bits per heavy atom. The Morgan fingerprint density at radius 2 is 1.93 bits per heavy atom. The molecule has 1 atom stereocenters. The summed E-state index contributed by atoms with van der Waals surface area (Å²) in [6.45, 7) is 1.60. The van der Waals surface area contributed by atoms with Crippen molar-refractivity contribution in [2.24, 2.45) is 5.92 Å². The third kappa shape index (κ3) is 2.49. The van der Waals surface area contributed by atoms with Crippen molar-refractivity contribution in [1.29, 1.82) is 0 Å². The summed E-state index contributed by atoms with van der Waals surface area (Å²) in [5, 5.41) is 8.93. The first kappa shape index (κ1) is 10.5. The van der Waals surface area contributed by atoms with E-state index in [0.717, 1.165) is 25.7 Å². The van der Waals surface area contributed by atoms with Gasteiger partial charge in [-0.3, -0.25) is 4.79 Å². The van der Waals surface area contributed by atoms with Crippen LogP contribution in [0.3, 0.4) is 0 Å². The molecule has 0 aromatic rings. The molecule has 0 spiro atoms. The number of aliphatic carboxylic acids is 1. The SMILES string of the molecule is CC(C(=O)O)N(C(=O)CC1CC1)C1CC1. The van der Waals surface area contributed by atoms with E-state index in [1.165, 1.54) is 0 Å². The Balaban J connectivity index is 1.97. The maximum atomic E-state index is 11.9. The minimum atomic E-state index is -0.897. The summed E-state index contributed by atoms with van der Waals surface area (Å²) in [6, 6.07) is -0.467. The molecule has 0 aromatic heterocycles. The van der Waals surface area contributed by atoms with E-state index in [1.54, 1.807) is 11.8 Å². The highest BCUT2D eigenvalue weighted by atomic mass is 16.4. The van der Waals surface area contributed by atoms with Crippen molar-refractivity contribution in [1.82, 2.24) is 4.90 Å². The third-order valence-electron chi connectivity index (χ3n) is 3.16. The molecule has 4 heteroatoms. The first-order valence-corrected chi connectivity index (χ1v) is 5.63. The van der Waals surface area contributed by atoms with E-state index in [2.05, 4.69) is 0 Å². The van der Waals surface area contributed by atoms with E-state index in [4.69, 9.17) is 5.11 Å². The van der Waals surface area contributed by atoms with Gasteiger partial charge in [-0.15, -0.1) is 0 Å². The van der Waals surface area contributed by atoms with Crippen molar-refractivity contribution in [3.05, 3.63) is 0 Å². The van der Waals surface area contributed by atoms with Crippen LogP contribution in [0.25, 0.3) is 0 Å². The fourth-order valence-electron chi connectivity index (χ4n) is 1.88. The lowest BCUT2D eigenvalue weighted by atomic mass is 10.2. The molecule has 15 heavy (non-hydrogen) atoms. The van der Waals surface area contributed by atoms with Crippen LogP contribution in [0, 0.1) is 5.92 Å². The normalized spacial score (nSPS) is 22.2. The molecule has 1 unspecified atom stereocenters. The Hall–Kier alpha value is -1.06. The quantitative estimate of drug-likeness (QED) is 0.744. The highest BCUT2D eigenvalue weighted by Crippen LogP contribution is 2.36. The van der Waals surface area contributed by atoms with Gasteiger partial charge in [-0.25, -0.2) is 4.79 Å². The van der Waals surface area contributed by atoms with Gasteiger partial charge in [0.05, 0.1) is 0 Å². The van der Waals surface area contributed by atoms with E-state index in [-0.39, 0.29) is 11.9 Å². The van der Waals surface area contributed by atoms with E-state index < -0.39 is 12.0 Å². The molecule has 2 aliphatic rings. The maximum absolute atomic E-state index is 11.9. The number of carboxylic acids is 1. The predicted molar refractivity (Wildman–Crippen MR) is 54.3 cm³/mol. The smallest absolute Gasteiger partial charge is 0.326 e. The summed E-state index contributed by atoms with van der Waals surface area (Å²) in [7, 11) is 0. The molecular formula is C11H17NO3. The van der Waals surface area contributed by atoms with Crippen LogP contribution < -0.4 is 0 Å². The number of carbonyl (C=O) groups is 2. The Labute approximate surface area is 89.3 Å². The van der Waals surface area contributed by atoms with Gasteiger partial charge in [-0.2, -0.15) is 0 Å². The zero-order valence-corrected chi connectivity index (χ0v) is 8.98.